The minimum absolute atomic E-state index is 0.121. The predicted octanol–water partition coefficient (Wildman–Crippen LogP) is 5.52. The molecule has 0 radical (unpaired) electrons. The Hall–Kier alpha value is -4.67. The van der Waals surface area contributed by atoms with Gasteiger partial charge in [-0.15, -0.1) is 11.3 Å². The summed E-state index contributed by atoms with van der Waals surface area (Å²) in [6.07, 6.45) is 0. The molecule has 0 spiro atoms. The molecule has 0 saturated carbocycles. The van der Waals surface area contributed by atoms with Crippen molar-refractivity contribution in [3.8, 4) is 22.8 Å². The van der Waals surface area contributed by atoms with Crippen LogP contribution >= 0.6 is 22.9 Å². The molecule has 2 N–H and O–H groups in total. The van der Waals surface area contributed by atoms with E-state index in [4.69, 9.17) is 21.1 Å². The van der Waals surface area contributed by atoms with Gasteiger partial charge in [0.2, 0.25) is 0 Å². The van der Waals surface area contributed by atoms with Crippen molar-refractivity contribution < 1.29 is 23.9 Å². The van der Waals surface area contributed by atoms with Crippen LogP contribution in [-0.4, -0.2) is 36.9 Å². The van der Waals surface area contributed by atoms with E-state index in [1.165, 1.54) is 31.6 Å². The van der Waals surface area contributed by atoms with Gasteiger partial charge >= 0.3 is 0 Å². The number of imide groups is 1. The van der Waals surface area contributed by atoms with E-state index in [0.29, 0.717) is 22.1 Å². The second-order valence-electron chi connectivity index (χ2n) is 8.24. The lowest BCUT2D eigenvalue weighted by molar-refractivity contribution is -0.120. The lowest BCUT2D eigenvalue weighted by atomic mass is 10.2. The van der Waals surface area contributed by atoms with Crippen LogP contribution in [0.5, 0.6) is 11.5 Å². The second kappa shape index (κ2) is 11.0. The minimum atomic E-state index is -0.709. The fourth-order valence-corrected chi connectivity index (χ4v) is 4.85. The van der Waals surface area contributed by atoms with Gasteiger partial charge in [0.1, 0.15) is 22.2 Å². The van der Waals surface area contributed by atoms with Gasteiger partial charge in [-0.05, 0) is 30.3 Å². The van der Waals surface area contributed by atoms with Crippen molar-refractivity contribution in [3.63, 3.8) is 0 Å². The van der Waals surface area contributed by atoms with Gasteiger partial charge in [-0.1, -0.05) is 48.0 Å². The van der Waals surface area contributed by atoms with Crippen LogP contribution in [0.4, 0.5) is 16.5 Å². The van der Waals surface area contributed by atoms with Gasteiger partial charge in [0.15, 0.2) is 5.13 Å². The number of nitrogens with one attached hydrogen (secondary N) is 2. The first kappa shape index (κ1) is 26.0. The first-order valence-corrected chi connectivity index (χ1v) is 12.9. The Morgan fingerprint density at radius 3 is 2.49 bits per heavy atom. The third-order valence-electron chi connectivity index (χ3n) is 5.84. The average Bonchev–Trinajstić information content (AvgIpc) is 3.51. The Morgan fingerprint density at radius 1 is 0.949 bits per heavy atom. The van der Waals surface area contributed by atoms with Gasteiger partial charge in [0, 0.05) is 28.3 Å². The first-order chi connectivity index (χ1) is 18.9. The number of anilines is 3. The third kappa shape index (κ3) is 5.20. The molecule has 196 valence electrons. The summed E-state index contributed by atoms with van der Waals surface area (Å²) in [4.78, 5) is 44.5. The molecule has 1 aromatic heterocycles. The van der Waals surface area contributed by atoms with E-state index in [9.17, 15) is 14.4 Å². The number of hydrogen-bond donors (Lipinski definition) is 2. The summed E-state index contributed by atoms with van der Waals surface area (Å²) in [5.74, 6) is -1.00. The van der Waals surface area contributed by atoms with E-state index in [2.05, 4.69) is 15.6 Å². The van der Waals surface area contributed by atoms with Crippen molar-refractivity contribution in [1.29, 1.82) is 0 Å². The van der Waals surface area contributed by atoms with Crippen LogP contribution in [0, 0.1) is 0 Å². The number of amides is 3. The highest BCUT2D eigenvalue weighted by Gasteiger charge is 2.40. The molecule has 0 unspecified atom stereocenters. The molecule has 1 aliphatic rings. The van der Waals surface area contributed by atoms with Crippen molar-refractivity contribution >= 4 is 57.2 Å². The number of benzene rings is 3. The van der Waals surface area contributed by atoms with Crippen LogP contribution in [0.2, 0.25) is 0 Å². The molecule has 0 fully saturated rings. The maximum absolute atomic E-state index is 13.3. The number of rotatable bonds is 8. The van der Waals surface area contributed by atoms with Gasteiger partial charge in [-0.25, -0.2) is 9.88 Å². The van der Waals surface area contributed by atoms with Crippen molar-refractivity contribution in [2.24, 2.45) is 0 Å². The summed E-state index contributed by atoms with van der Waals surface area (Å²) in [5, 5.41) is 7.71. The Balaban J connectivity index is 1.33. The number of ether oxygens (including phenoxy) is 2. The van der Waals surface area contributed by atoms with E-state index in [1.54, 1.807) is 36.4 Å². The number of thiazole rings is 1. The second-order valence-corrected chi connectivity index (χ2v) is 9.47. The van der Waals surface area contributed by atoms with Gasteiger partial charge in [-0.3, -0.25) is 19.7 Å². The van der Waals surface area contributed by atoms with E-state index in [0.717, 1.165) is 16.2 Å². The highest BCUT2D eigenvalue weighted by Crippen LogP contribution is 2.37. The maximum atomic E-state index is 13.3. The maximum Gasteiger partial charge on any atom is 0.283 e. The molecular weight excluding hydrogens is 540 g/mol. The zero-order chi connectivity index (χ0) is 27.5. The number of carbonyl (C=O) groups is 3. The molecule has 9 nitrogen and oxygen atoms in total. The fraction of sp³-hybridized carbons (Fsp3) is 0.0714. The van der Waals surface area contributed by atoms with Gasteiger partial charge in [-0.2, -0.15) is 0 Å². The highest BCUT2D eigenvalue weighted by atomic mass is 35.5. The molecule has 2 heterocycles. The molecule has 0 aliphatic carbocycles. The topological polar surface area (TPSA) is 110 Å². The van der Waals surface area contributed by atoms with Crippen molar-refractivity contribution in [2.75, 3.05) is 29.8 Å². The molecule has 1 aliphatic heterocycles. The van der Waals surface area contributed by atoms with Crippen molar-refractivity contribution in [2.45, 2.75) is 0 Å². The Bertz CT molecular complexity index is 1620. The molecule has 39 heavy (non-hydrogen) atoms. The largest absolute Gasteiger partial charge is 0.497 e. The van der Waals surface area contributed by atoms with Crippen molar-refractivity contribution in [3.05, 3.63) is 94.5 Å². The zero-order valence-corrected chi connectivity index (χ0v) is 22.3. The van der Waals surface area contributed by atoms with Crippen LogP contribution in [0.3, 0.4) is 0 Å². The molecule has 0 atom stereocenters. The minimum Gasteiger partial charge on any atom is -0.497 e. The molecular formula is C28H21ClN4O5S. The fourth-order valence-electron chi connectivity index (χ4n) is 3.92. The zero-order valence-electron chi connectivity index (χ0n) is 20.7. The molecule has 0 saturated heterocycles. The molecule has 3 amide bonds. The van der Waals surface area contributed by atoms with Crippen LogP contribution in [0.15, 0.2) is 88.9 Å². The molecule has 11 heteroatoms. The number of methoxy groups -OCH3 is 2. The van der Waals surface area contributed by atoms with E-state index in [1.807, 2.05) is 35.7 Å². The quantitative estimate of drug-likeness (QED) is 0.273. The number of aromatic nitrogens is 1. The Kier molecular flexibility index (Phi) is 7.31. The van der Waals surface area contributed by atoms with Crippen LogP contribution in [0.25, 0.3) is 11.3 Å². The number of halogens is 1. The summed E-state index contributed by atoms with van der Waals surface area (Å²) < 4.78 is 10.5. The highest BCUT2D eigenvalue weighted by molar-refractivity contribution is 7.14. The summed E-state index contributed by atoms with van der Waals surface area (Å²) in [6, 6.07) is 20.8. The van der Waals surface area contributed by atoms with E-state index < -0.39 is 11.8 Å². The first-order valence-electron chi connectivity index (χ1n) is 11.6. The lowest BCUT2D eigenvalue weighted by Crippen LogP contribution is -2.32. The standard InChI is InChI=1S/C28H21ClN4O5S/c1-37-19-11-12-21(22(14-19)38-2)33-26(35)23(29)24(27(33)36)30-18-10-6-9-17(13-18)25(34)32-28-31-20(15-39-28)16-7-4-3-5-8-16/h3-15,30H,1-2H3,(H,31,32,34). The number of nitrogens with zero attached hydrogens (tertiary/aromatic N) is 2. The summed E-state index contributed by atoms with van der Waals surface area (Å²) in [5.41, 5.74) is 2.51. The molecule has 0 bridgehead atoms. The van der Waals surface area contributed by atoms with Crippen LogP contribution in [-0.2, 0) is 9.59 Å². The van der Waals surface area contributed by atoms with Gasteiger partial charge < -0.3 is 14.8 Å². The van der Waals surface area contributed by atoms with Crippen LogP contribution < -0.4 is 25.0 Å². The van der Waals surface area contributed by atoms with E-state index in [-0.39, 0.29) is 28.1 Å². The van der Waals surface area contributed by atoms with Gasteiger partial charge in [0.25, 0.3) is 17.7 Å². The van der Waals surface area contributed by atoms with E-state index >= 15 is 0 Å². The Morgan fingerprint density at radius 2 is 1.74 bits per heavy atom. The normalized spacial score (nSPS) is 13.1. The van der Waals surface area contributed by atoms with Crippen molar-refractivity contribution in [1.82, 2.24) is 4.98 Å². The summed E-state index contributed by atoms with van der Waals surface area (Å²) in [6.45, 7) is 0. The average molecular weight is 561 g/mol. The van der Waals surface area contributed by atoms with Crippen LogP contribution in [0.1, 0.15) is 10.4 Å². The molecule has 3 aromatic carbocycles. The monoisotopic (exact) mass is 560 g/mol. The SMILES string of the molecule is COc1ccc(N2C(=O)C(Cl)=C(Nc3cccc(C(=O)Nc4nc(-c5ccccc5)cs4)c3)C2=O)c(OC)c1. The molecule has 4 aromatic rings. The van der Waals surface area contributed by atoms with Gasteiger partial charge in [0.05, 0.1) is 25.6 Å². The molecule has 5 rings (SSSR count). The summed E-state index contributed by atoms with van der Waals surface area (Å²) >= 11 is 7.60. The third-order valence-corrected chi connectivity index (χ3v) is 6.95. The number of hydrogen-bond acceptors (Lipinski definition) is 8. The smallest absolute Gasteiger partial charge is 0.283 e. The predicted molar refractivity (Wildman–Crippen MR) is 150 cm³/mol. The lowest BCUT2D eigenvalue weighted by Gasteiger charge is -2.18. The summed E-state index contributed by atoms with van der Waals surface area (Å²) in [7, 11) is 2.91. The number of carbonyl (C=O) groups excluding carboxylic acids is 3. The Labute approximate surface area is 232 Å².